The molecule has 0 aliphatic heterocycles. The highest BCUT2D eigenvalue weighted by molar-refractivity contribution is 9.11. The highest BCUT2D eigenvalue weighted by Gasteiger charge is 2.12. The minimum Gasteiger partial charge on any atom is -0.369 e. The molecule has 0 aliphatic rings. The predicted molar refractivity (Wildman–Crippen MR) is 95.8 cm³/mol. The van der Waals surface area contributed by atoms with Crippen LogP contribution in [0.5, 0.6) is 0 Å². The van der Waals surface area contributed by atoms with Crippen molar-refractivity contribution in [2.75, 3.05) is 11.9 Å². The Morgan fingerprint density at radius 2 is 1.90 bits per heavy atom. The van der Waals surface area contributed by atoms with Crippen molar-refractivity contribution in [1.29, 1.82) is 0 Å². The number of aromatic nitrogens is 2. The monoisotopic (exact) mass is 411 g/mol. The van der Waals surface area contributed by atoms with Crippen LogP contribution < -0.4 is 5.32 Å². The summed E-state index contributed by atoms with van der Waals surface area (Å²) < 4.78 is 2.07. The van der Waals surface area contributed by atoms with E-state index in [0.29, 0.717) is 0 Å². The lowest BCUT2D eigenvalue weighted by Crippen LogP contribution is -2.07. The van der Waals surface area contributed by atoms with Gasteiger partial charge in [-0.25, -0.2) is 9.97 Å². The van der Waals surface area contributed by atoms with Crippen molar-refractivity contribution in [1.82, 2.24) is 9.97 Å². The van der Waals surface area contributed by atoms with Crippen LogP contribution in [0.25, 0.3) is 11.4 Å². The van der Waals surface area contributed by atoms with Gasteiger partial charge in [0.15, 0.2) is 5.82 Å². The number of aryl methyl sites for hydroxylation is 2. The van der Waals surface area contributed by atoms with E-state index in [-0.39, 0.29) is 0 Å². The van der Waals surface area contributed by atoms with Gasteiger partial charge in [0, 0.05) is 16.6 Å². The molecule has 0 spiro atoms. The third-order valence-electron chi connectivity index (χ3n) is 3.21. The molecular weight excluding hydrogens is 394 g/mol. The molecule has 0 bridgehead atoms. The first-order valence-corrected chi connectivity index (χ1v) is 8.72. The van der Waals surface area contributed by atoms with E-state index in [1.165, 1.54) is 5.56 Å². The van der Waals surface area contributed by atoms with E-state index in [1.807, 2.05) is 12.1 Å². The average molecular weight is 413 g/mol. The molecule has 112 valence electrons. The Hall–Kier alpha value is -0.940. The number of benzene rings is 1. The summed E-state index contributed by atoms with van der Waals surface area (Å²) in [5, 5.41) is 3.37. The summed E-state index contributed by atoms with van der Waals surface area (Å²) in [5.41, 5.74) is 3.25. The Morgan fingerprint density at radius 3 is 2.52 bits per heavy atom. The van der Waals surface area contributed by atoms with E-state index < -0.39 is 0 Å². The lowest BCUT2D eigenvalue weighted by atomic mass is 10.1. The SMILES string of the molecule is CCCNc1nc(-c2ccc(Br)c(C)c2)nc(CC)c1Br. The maximum absolute atomic E-state index is 4.69. The van der Waals surface area contributed by atoms with E-state index in [4.69, 9.17) is 0 Å². The molecule has 1 heterocycles. The summed E-state index contributed by atoms with van der Waals surface area (Å²) in [4.78, 5) is 9.36. The summed E-state index contributed by atoms with van der Waals surface area (Å²) >= 11 is 7.14. The zero-order valence-electron chi connectivity index (χ0n) is 12.5. The summed E-state index contributed by atoms with van der Waals surface area (Å²) in [6.45, 7) is 7.22. The Morgan fingerprint density at radius 1 is 1.14 bits per heavy atom. The van der Waals surface area contributed by atoms with Crippen molar-refractivity contribution in [2.45, 2.75) is 33.6 Å². The standard InChI is InChI=1S/C16H19Br2N3/c1-4-8-19-16-14(18)13(5-2)20-15(21-16)11-6-7-12(17)10(3)9-11/h6-7,9H,4-5,8H2,1-3H3,(H,19,20,21). The molecule has 1 aromatic heterocycles. The second-order valence-electron chi connectivity index (χ2n) is 4.90. The summed E-state index contributed by atoms with van der Waals surface area (Å²) in [7, 11) is 0. The minimum absolute atomic E-state index is 0.768. The fourth-order valence-electron chi connectivity index (χ4n) is 2.00. The van der Waals surface area contributed by atoms with Gasteiger partial charge in [-0.2, -0.15) is 0 Å². The van der Waals surface area contributed by atoms with Gasteiger partial charge in [0.25, 0.3) is 0 Å². The van der Waals surface area contributed by atoms with E-state index in [1.54, 1.807) is 0 Å². The van der Waals surface area contributed by atoms with Crippen LogP contribution in [-0.4, -0.2) is 16.5 Å². The van der Waals surface area contributed by atoms with Gasteiger partial charge < -0.3 is 5.32 Å². The Bertz CT molecular complexity index is 642. The van der Waals surface area contributed by atoms with Gasteiger partial charge >= 0.3 is 0 Å². The molecule has 3 nitrogen and oxygen atoms in total. The third-order valence-corrected chi connectivity index (χ3v) is 4.94. The first-order chi connectivity index (χ1) is 10.1. The van der Waals surface area contributed by atoms with Crippen molar-refractivity contribution in [3.63, 3.8) is 0 Å². The molecule has 0 fully saturated rings. The molecule has 0 unspecified atom stereocenters. The Balaban J connectivity index is 2.49. The predicted octanol–water partition coefficient (Wildman–Crippen LogP) is 5.36. The highest BCUT2D eigenvalue weighted by atomic mass is 79.9. The molecule has 1 aromatic carbocycles. The zero-order chi connectivity index (χ0) is 15.4. The van der Waals surface area contributed by atoms with Gasteiger partial charge in [0.2, 0.25) is 0 Å². The van der Waals surface area contributed by atoms with Gasteiger partial charge in [-0.1, -0.05) is 35.8 Å². The number of rotatable bonds is 5. The van der Waals surface area contributed by atoms with Crippen LogP contribution in [0.3, 0.4) is 0 Å². The van der Waals surface area contributed by atoms with Crippen LogP contribution >= 0.6 is 31.9 Å². The molecule has 0 aliphatic carbocycles. The summed E-state index contributed by atoms with van der Waals surface area (Å²) in [6.07, 6.45) is 1.93. The number of nitrogens with zero attached hydrogens (tertiary/aromatic N) is 2. The van der Waals surface area contributed by atoms with Gasteiger partial charge in [-0.15, -0.1) is 0 Å². The third kappa shape index (κ3) is 3.83. The van der Waals surface area contributed by atoms with Gasteiger partial charge in [-0.05, 0) is 53.4 Å². The minimum atomic E-state index is 0.768. The quantitative estimate of drug-likeness (QED) is 0.717. The molecule has 0 amide bonds. The highest BCUT2D eigenvalue weighted by Crippen LogP contribution is 2.29. The fraction of sp³-hybridized carbons (Fsp3) is 0.375. The average Bonchev–Trinajstić information content (AvgIpc) is 2.49. The van der Waals surface area contributed by atoms with E-state index in [2.05, 4.69) is 74.0 Å². The fourth-order valence-corrected chi connectivity index (χ4v) is 2.85. The molecule has 0 saturated carbocycles. The van der Waals surface area contributed by atoms with Crippen LogP contribution in [0.15, 0.2) is 27.1 Å². The molecule has 2 rings (SSSR count). The van der Waals surface area contributed by atoms with Gasteiger partial charge in [-0.3, -0.25) is 0 Å². The molecule has 0 radical (unpaired) electrons. The molecule has 0 saturated heterocycles. The number of anilines is 1. The van der Waals surface area contributed by atoms with Crippen molar-refractivity contribution in [2.24, 2.45) is 0 Å². The van der Waals surface area contributed by atoms with E-state index >= 15 is 0 Å². The molecule has 21 heavy (non-hydrogen) atoms. The van der Waals surface area contributed by atoms with Crippen molar-refractivity contribution in [3.8, 4) is 11.4 Å². The van der Waals surface area contributed by atoms with E-state index in [9.17, 15) is 0 Å². The van der Waals surface area contributed by atoms with E-state index in [0.717, 1.165) is 51.2 Å². The topological polar surface area (TPSA) is 37.8 Å². The van der Waals surface area contributed by atoms with Crippen LogP contribution in [0.2, 0.25) is 0 Å². The Kier molecular flexibility index (Phi) is 5.76. The van der Waals surface area contributed by atoms with Crippen molar-refractivity contribution < 1.29 is 0 Å². The summed E-state index contributed by atoms with van der Waals surface area (Å²) in [6, 6.07) is 6.19. The van der Waals surface area contributed by atoms with Crippen LogP contribution in [-0.2, 0) is 6.42 Å². The second-order valence-corrected chi connectivity index (χ2v) is 6.55. The number of nitrogens with one attached hydrogen (secondary N) is 1. The van der Waals surface area contributed by atoms with Crippen LogP contribution in [0, 0.1) is 6.92 Å². The van der Waals surface area contributed by atoms with Crippen LogP contribution in [0.1, 0.15) is 31.5 Å². The Labute approximate surface area is 142 Å². The van der Waals surface area contributed by atoms with Crippen molar-refractivity contribution in [3.05, 3.63) is 38.4 Å². The number of halogens is 2. The lowest BCUT2D eigenvalue weighted by Gasteiger charge is -2.12. The van der Waals surface area contributed by atoms with Gasteiger partial charge in [0.1, 0.15) is 5.82 Å². The maximum atomic E-state index is 4.69. The molecule has 0 atom stereocenters. The lowest BCUT2D eigenvalue weighted by molar-refractivity contribution is 0.944. The normalized spacial score (nSPS) is 10.7. The largest absolute Gasteiger partial charge is 0.369 e. The smallest absolute Gasteiger partial charge is 0.161 e. The number of hydrogen-bond donors (Lipinski definition) is 1. The molecule has 2 aromatic rings. The zero-order valence-corrected chi connectivity index (χ0v) is 15.7. The summed E-state index contributed by atoms with van der Waals surface area (Å²) in [5.74, 6) is 1.64. The second kappa shape index (κ2) is 7.36. The molecule has 1 N–H and O–H groups in total. The first kappa shape index (κ1) is 16.4. The first-order valence-electron chi connectivity index (χ1n) is 7.13. The molecular formula is C16H19Br2N3. The van der Waals surface area contributed by atoms with Crippen LogP contribution in [0.4, 0.5) is 5.82 Å². The van der Waals surface area contributed by atoms with Crippen molar-refractivity contribution >= 4 is 37.7 Å². The molecule has 5 heteroatoms. The number of hydrogen-bond acceptors (Lipinski definition) is 3. The van der Waals surface area contributed by atoms with Gasteiger partial charge in [0.05, 0.1) is 10.2 Å². The maximum Gasteiger partial charge on any atom is 0.161 e.